The zero-order valence-electron chi connectivity index (χ0n) is 3.72. The van der Waals surface area contributed by atoms with Crippen LogP contribution in [-0.2, 0) is 0 Å². The molecule has 0 aliphatic carbocycles. The molecule has 8 heavy (non-hydrogen) atoms. The SMILES string of the molecule is OOc1cnnnn1. The van der Waals surface area contributed by atoms with E-state index in [0.29, 0.717) is 0 Å². The zero-order valence-corrected chi connectivity index (χ0v) is 3.72. The number of hydrogen-bond acceptors (Lipinski definition) is 6. The molecule has 0 radical (unpaired) electrons. The summed E-state index contributed by atoms with van der Waals surface area (Å²) in [6.45, 7) is 0. The van der Waals surface area contributed by atoms with Crippen molar-refractivity contribution < 1.29 is 10.1 Å². The minimum absolute atomic E-state index is 0.0694. The van der Waals surface area contributed by atoms with Crippen molar-refractivity contribution in [3.63, 3.8) is 0 Å². The maximum absolute atomic E-state index is 7.87. The van der Waals surface area contributed by atoms with Crippen LogP contribution in [-0.4, -0.2) is 25.9 Å². The molecule has 1 rings (SSSR count). The van der Waals surface area contributed by atoms with E-state index in [9.17, 15) is 0 Å². The Balaban J connectivity index is 2.83. The monoisotopic (exact) mass is 114 g/mol. The van der Waals surface area contributed by atoms with Gasteiger partial charge in [0.1, 0.15) is 6.20 Å². The highest BCUT2D eigenvalue weighted by atomic mass is 17.1. The first kappa shape index (κ1) is 4.85. The third kappa shape index (κ3) is 0.850. The van der Waals surface area contributed by atoms with Gasteiger partial charge in [-0.3, -0.25) is 0 Å². The highest BCUT2D eigenvalue weighted by molar-refractivity contribution is 4.93. The van der Waals surface area contributed by atoms with Gasteiger partial charge in [-0.25, -0.2) is 5.26 Å². The van der Waals surface area contributed by atoms with Gasteiger partial charge in [0.25, 0.3) is 5.88 Å². The molecule has 1 aromatic heterocycles. The first-order chi connectivity index (χ1) is 3.93. The lowest BCUT2D eigenvalue weighted by Gasteiger charge is -1.85. The van der Waals surface area contributed by atoms with Crippen molar-refractivity contribution in [3.05, 3.63) is 6.20 Å². The van der Waals surface area contributed by atoms with Crippen LogP contribution < -0.4 is 4.89 Å². The zero-order chi connectivity index (χ0) is 5.82. The van der Waals surface area contributed by atoms with Gasteiger partial charge in [0, 0.05) is 0 Å². The van der Waals surface area contributed by atoms with Crippen LogP contribution in [0.1, 0.15) is 0 Å². The van der Waals surface area contributed by atoms with Crippen molar-refractivity contribution >= 4 is 0 Å². The first-order valence-electron chi connectivity index (χ1n) is 1.76. The maximum Gasteiger partial charge on any atom is 0.296 e. The van der Waals surface area contributed by atoms with Crippen LogP contribution in [0.2, 0.25) is 0 Å². The van der Waals surface area contributed by atoms with Crippen molar-refractivity contribution in [2.24, 2.45) is 0 Å². The molecule has 0 fully saturated rings. The number of aromatic nitrogens is 4. The Kier molecular flexibility index (Phi) is 1.29. The molecule has 6 nitrogen and oxygen atoms in total. The molecule has 0 amide bonds. The molecule has 0 bridgehead atoms. The van der Waals surface area contributed by atoms with Crippen LogP contribution in [0.15, 0.2) is 6.20 Å². The van der Waals surface area contributed by atoms with E-state index in [-0.39, 0.29) is 5.88 Å². The fourth-order valence-corrected chi connectivity index (χ4v) is 0.230. The molecule has 6 heteroatoms. The third-order valence-corrected chi connectivity index (χ3v) is 0.497. The van der Waals surface area contributed by atoms with Crippen molar-refractivity contribution in [1.82, 2.24) is 20.6 Å². The predicted molar refractivity (Wildman–Crippen MR) is 20.9 cm³/mol. The van der Waals surface area contributed by atoms with E-state index in [1.807, 2.05) is 0 Å². The molecule has 0 saturated heterocycles. The summed E-state index contributed by atoms with van der Waals surface area (Å²) in [6, 6.07) is 0. The molecular weight excluding hydrogens is 112 g/mol. The highest BCUT2D eigenvalue weighted by Crippen LogP contribution is 1.93. The number of hydrogen-bond donors (Lipinski definition) is 1. The van der Waals surface area contributed by atoms with Gasteiger partial charge in [-0.15, -0.1) is 5.10 Å². The predicted octanol–water partition coefficient (Wildman–Crippen LogP) is -0.882. The molecule has 0 aliphatic heterocycles. The number of nitrogens with zero attached hydrogens (tertiary/aromatic N) is 4. The maximum atomic E-state index is 7.87. The van der Waals surface area contributed by atoms with Crippen molar-refractivity contribution in [3.8, 4) is 5.88 Å². The molecule has 1 N–H and O–H groups in total. The van der Waals surface area contributed by atoms with Gasteiger partial charge in [-0.05, 0) is 10.4 Å². The van der Waals surface area contributed by atoms with Gasteiger partial charge in [0.2, 0.25) is 0 Å². The van der Waals surface area contributed by atoms with Crippen LogP contribution >= 0.6 is 0 Å². The summed E-state index contributed by atoms with van der Waals surface area (Å²) in [4.78, 5) is 3.64. The second-order valence-corrected chi connectivity index (χ2v) is 0.953. The quantitative estimate of drug-likeness (QED) is 0.377. The van der Waals surface area contributed by atoms with Crippen LogP contribution in [0, 0.1) is 0 Å². The van der Waals surface area contributed by atoms with Crippen LogP contribution in [0.25, 0.3) is 0 Å². The minimum Gasteiger partial charge on any atom is -0.316 e. The molecule has 0 atom stereocenters. The average Bonchev–Trinajstić information content (AvgIpc) is 1.90. The largest absolute Gasteiger partial charge is 0.316 e. The van der Waals surface area contributed by atoms with Gasteiger partial charge in [-0.1, -0.05) is 5.10 Å². The lowest BCUT2D eigenvalue weighted by Crippen LogP contribution is -1.94. The summed E-state index contributed by atoms with van der Waals surface area (Å²) < 4.78 is 0. The average molecular weight is 114 g/mol. The van der Waals surface area contributed by atoms with E-state index in [1.165, 1.54) is 0 Å². The van der Waals surface area contributed by atoms with E-state index in [1.54, 1.807) is 0 Å². The molecule has 0 spiro atoms. The van der Waals surface area contributed by atoms with Crippen molar-refractivity contribution in [2.45, 2.75) is 0 Å². The van der Waals surface area contributed by atoms with Crippen molar-refractivity contribution in [1.29, 1.82) is 0 Å². The van der Waals surface area contributed by atoms with E-state index in [0.717, 1.165) is 6.20 Å². The standard InChI is InChI=1S/C2H2N4O2/c7-8-2-1-3-5-6-4-2/h1,7H. The second-order valence-electron chi connectivity index (χ2n) is 0.953. The van der Waals surface area contributed by atoms with Crippen LogP contribution in [0.5, 0.6) is 5.88 Å². The Morgan fingerprint density at radius 3 is 2.75 bits per heavy atom. The fourth-order valence-electron chi connectivity index (χ4n) is 0.230. The Morgan fingerprint density at radius 2 is 2.38 bits per heavy atom. The Bertz CT molecular complexity index is 153. The molecular formula is C2H2N4O2. The van der Waals surface area contributed by atoms with Gasteiger partial charge in [0.05, 0.1) is 0 Å². The summed E-state index contributed by atoms with van der Waals surface area (Å²) >= 11 is 0. The summed E-state index contributed by atoms with van der Waals surface area (Å²) in [5, 5.41) is 20.5. The summed E-state index contributed by atoms with van der Waals surface area (Å²) in [7, 11) is 0. The number of rotatable bonds is 1. The summed E-state index contributed by atoms with van der Waals surface area (Å²) in [5.74, 6) is -0.0694. The molecule has 42 valence electrons. The smallest absolute Gasteiger partial charge is 0.296 e. The topological polar surface area (TPSA) is 81.0 Å². The molecule has 0 aromatic carbocycles. The van der Waals surface area contributed by atoms with Gasteiger partial charge < -0.3 is 4.89 Å². The Morgan fingerprint density at radius 1 is 1.50 bits per heavy atom. The highest BCUT2D eigenvalue weighted by Gasteiger charge is 1.89. The summed E-state index contributed by atoms with van der Waals surface area (Å²) in [5.41, 5.74) is 0. The molecule has 1 heterocycles. The second kappa shape index (κ2) is 2.12. The molecule has 1 aromatic rings. The minimum atomic E-state index is -0.0694. The van der Waals surface area contributed by atoms with E-state index >= 15 is 0 Å². The van der Waals surface area contributed by atoms with E-state index in [2.05, 4.69) is 25.5 Å². The van der Waals surface area contributed by atoms with Gasteiger partial charge in [-0.2, -0.15) is 0 Å². The van der Waals surface area contributed by atoms with Crippen LogP contribution in [0.4, 0.5) is 0 Å². The Labute approximate surface area is 44.1 Å². The first-order valence-corrected chi connectivity index (χ1v) is 1.76. The van der Waals surface area contributed by atoms with Gasteiger partial charge >= 0.3 is 0 Å². The van der Waals surface area contributed by atoms with Crippen LogP contribution in [0.3, 0.4) is 0 Å². The lowest BCUT2D eigenvalue weighted by atomic mass is 10.9. The lowest BCUT2D eigenvalue weighted by molar-refractivity contribution is -0.143. The molecule has 0 saturated carbocycles. The van der Waals surface area contributed by atoms with E-state index < -0.39 is 0 Å². The molecule has 0 aliphatic rings. The summed E-state index contributed by atoms with van der Waals surface area (Å²) in [6.07, 6.45) is 1.13. The Hall–Kier alpha value is -1.30. The normalized spacial score (nSPS) is 8.62. The van der Waals surface area contributed by atoms with Gasteiger partial charge in [0.15, 0.2) is 0 Å². The molecule has 0 unspecified atom stereocenters. The van der Waals surface area contributed by atoms with Crippen molar-refractivity contribution in [2.75, 3.05) is 0 Å². The van der Waals surface area contributed by atoms with E-state index in [4.69, 9.17) is 5.26 Å². The fraction of sp³-hybridized carbons (Fsp3) is 0. The third-order valence-electron chi connectivity index (χ3n) is 0.497.